The third-order valence-electron chi connectivity index (χ3n) is 3.13. The van der Waals surface area contributed by atoms with Gasteiger partial charge >= 0.3 is 12.1 Å². The first kappa shape index (κ1) is 23.1. The van der Waals surface area contributed by atoms with Crippen molar-refractivity contribution in [2.45, 2.75) is 65.2 Å². The molecule has 1 aromatic rings. The van der Waals surface area contributed by atoms with Gasteiger partial charge in [0.25, 0.3) is 0 Å². The van der Waals surface area contributed by atoms with Crippen molar-refractivity contribution in [1.82, 2.24) is 5.32 Å². The van der Waals surface area contributed by atoms with Gasteiger partial charge in [0, 0.05) is 5.69 Å². The molecule has 28 heavy (non-hydrogen) atoms. The second-order valence-electron chi connectivity index (χ2n) is 8.33. The van der Waals surface area contributed by atoms with Crippen LogP contribution in [0.15, 0.2) is 18.2 Å². The number of ether oxygens (including phenoxy) is 2. The molecule has 1 aromatic carbocycles. The molecule has 156 valence electrons. The normalized spacial score (nSPS) is 12.6. The van der Waals surface area contributed by atoms with Crippen molar-refractivity contribution in [3.63, 3.8) is 0 Å². The average molecular weight is 394 g/mol. The Kier molecular flexibility index (Phi) is 7.26. The number of carbonyl (C=O) groups excluding carboxylic acids is 3. The van der Waals surface area contributed by atoms with E-state index in [9.17, 15) is 14.4 Å². The van der Waals surface area contributed by atoms with Crippen LogP contribution in [0.3, 0.4) is 0 Å². The Labute approximate surface area is 165 Å². The summed E-state index contributed by atoms with van der Waals surface area (Å²) in [5.41, 5.74) is 11.0. The molecular formula is C19H30N4O5. The number of rotatable bonds is 5. The molecule has 1 rings (SSSR count). The maximum atomic E-state index is 12.7. The molecule has 9 nitrogen and oxygen atoms in total. The summed E-state index contributed by atoms with van der Waals surface area (Å²) in [7, 11) is 0. The molecule has 2 amide bonds. The number of nitrogens with one attached hydrogen (secondary N) is 2. The van der Waals surface area contributed by atoms with Crippen LogP contribution in [0.2, 0.25) is 0 Å². The minimum atomic E-state index is -1.23. The molecule has 0 radical (unpaired) electrons. The zero-order valence-electron chi connectivity index (χ0n) is 17.2. The predicted molar refractivity (Wildman–Crippen MR) is 108 cm³/mol. The van der Waals surface area contributed by atoms with Gasteiger partial charge in [0.1, 0.15) is 17.2 Å². The summed E-state index contributed by atoms with van der Waals surface area (Å²) in [5.74, 6) is -1.31. The van der Waals surface area contributed by atoms with E-state index in [1.807, 2.05) is 0 Å². The van der Waals surface area contributed by atoms with E-state index in [-0.39, 0.29) is 17.8 Å². The monoisotopic (exact) mass is 394 g/mol. The van der Waals surface area contributed by atoms with Crippen molar-refractivity contribution >= 4 is 35.0 Å². The summed E-state index contributed by atoms with van der Waals surface area (Å²) in [5, 5.41) is 4.96. The number of hydrogen-bond donors (Lipinski definition) is 4. The van der Waals surface area contributed by atoms with E-state index in [1.165, 1.54) is 12.1 Å². The van der Waals surface area contributed by atoms with Gasteiger partial charge in [0.2, 0.25) is 5.91 Å². The van der Waals surface area contributed by atoms with Crippen LogP contribution in [-0.4, -0.2) is 35.2 Å². The number of esters is 1. The number of nitrogen functional groups attached to an aromatic ring is 2. The summed E-state index contributed by atoms with van der Waals surface area (Å²) < 4.78 is 10.4. The van der Waals surface area contributed by atoms with Gasteiger partial charge in [-0.25, -0.2) is 4.79 Å². The molecule has 1 atom stereocenters. The smallest absolute Gasteiger partial charge is 0.408 e. The fraction of sp³-hybridized carbons (Fsp3) is 0.526. The molecule has 0 bridgehead atoms. The number of benzene rings is 1. The third kappa shape index (κ3) is 8.61. The lowest BCUT2D eigenvalue weighted by Gasteiger charge is -2.25. The average Bonchev–Trinajstić information content (AvgIpc) is 2.46. The largest absolute Gasteiger partial charge is 0.460 e. The lowest BCUT2D eigenvalue weighted by molar-refractivity contribution is -0.156. The Balaban J connectivity index is 2.97. The summed E-state index contributed by atoms with van der Waals surface area (Å²) in [6.07, 6.45) is -1.22. The first-order chi connectivity index (χ1) is 12.7. The lowest BCUT2D eigenvalue weighted by Crippen LogP contribution is -2.47. The van der Waals surface area contributed by atoms with Crippen LogP contribution in [0.25, 0.3) is 0 Å². The van der Waals surface area contributed by atoms with Crippen molar-refractivity contribution in [3.05, 3.63) is 18.2 Å². The van der Waals surface area contributed by atoms with Gasteiger partial charge in [-0.15, -0.1) is 0 Å². The van der Waals surface area contributed by atoms with Crippen LogP contribution in [-0.2, 0) is 19.1 Å². The van der Waals surface area contributed by atoms with Gasteiger partial charge in [-0.1, -0.05) is 0 Å². The highest BCUT2D eigenvalue weighted by Gasteiger charge is 2.29. The predicted octanol–water partition coefficient (Wildman–Crippen LogP) is 2.41. The van der Waals surface area contributed by atoms with E-state index in [0.717, 1.165) is 0 Å². The second-order valence-corrected chi connectivity index (χ2v) is 8.33. The molecule has 0 aromatic heterocycles. The first-order valence-electron chi connectivity index (χ1n) is 8.83. The van der Waals surface area contributed by atoms with E-state index in [2.05, 4.69) is 10.6 Å². The number of amides is 2. The van der Waals surface area contributed by atoms with Gasteiger partial charge in [-0.2, -0.15) is 0 Å². The SMILES string of the molecule is CC(C)(C)OC(=O)CC(NC(=O)OC(C)(C)C)C(=O)Nc1cc(N)ccc1N. The molecule has 0 aliphatic heterocycles. The summed E-state index contributed by atoms with van der Waals surface area (Å²) in [6, 6.07) is 3.37. The maximum absolute atomic E-state index is 12.7. The van der Waals surface area contributed by atoms with Gasteiger partial charge in [-0.3, -0.25) is 9.59 Å². The summed E-state index contributed by atoms with van der Waals surface area (Å²) >= 11 is 0. The molecule has 0 aliphatic rings. The Morgan fingerprint density at radius 3 is 2.11 bits per heavy atom. The first-order valence-corrected chi connectivity index (χ1v) is 8.83. The Bertz CT molecular complexity index is 705. The molecule has 0 spiro atoms. The highest BCUT2D eigenvalue weighted by Crippen LogP contribution is 2.22. The molecule has 0 heterocycles. The van der Waals surface area contributed by atoms with E-state index < -0.39 is 35.2 Å². The fourth-order valence-electron chi connectivity index (χ4n) is 2.11. The van der Waals surface area contributed by atoms with Crippen LogP contribution >= 0.6 is 0 Å². The molecule has 0 fully saturated rings. The lowest BCUT2D eigenvalue weighted by atomic mass is 10.1. The second kappa shape index (κ2) is 8.81. The zero-order chi connectivity index (χ0) is 21.7. The van der Waals surface area contributed by atoms with Crippen molar-refractivity contribution in [2.24, 2.45) is 0 Å². The number of anilines is 3. The van der Waals surface area contributed by atoms with E-state index in [0.29, 0.717) is 5.69 Å². The maximum Gasteiger partial charge on any atom is 0.408 e. The van der Waals surface area contributed by atoms with E-state index in [1.54, 1.807) is 47.6 Å². The van der Waals surface area contributed by atoms with Gasteiger partial charge in [-0.05, 0) is 59.7 Å². The molecule has 9 heteroatoms. The standard InChI is InChI=1S/C19H30N4O5/c1-18(2,3)27-15(24)10-14(23-17(26)28-19(4,5)6)16(25)22-13-9-11(20)7-8-12(13)21/h7-9,14H,10,20-21H2,1-6H3,(H,22,25)(H,23,26). The topological polar surface area (TPSA) is 146 Å². The van der Waals surface area contributed by atoms with Gasteiger partial charge in [0.15, 0.2) is 0 Å². The molecule has 6 N–H and O–H groups in total. The van der Waals surface area contributed by atoms with Crippen LogP contribution in [0.4, 0.5) is 21.9 Å². The minimum absolute atomic E-state index is 0.269. The summed E-state index contributed by atoms with van der Waals surface area (Å²) in [4.78, 5) is 37.0. The van der Waals surface area contributed by atoms with Crippen molar-refractivity contribution < 1.29 is 23.9 Å². The van der Waals surface area contributed by atoms with E-state index in [4.69, 9.17) is 20.9 Å². The Hall–Kier alpha value is -2.97. The van der Waals surface area contributed by atoms with Crippen molar-refractivity contribution in [1.29, 1.82) is 0 Å². The molecular weight excluding hydrogens is 364 g/mol. The molecule has 0 saturated carbocycles. The fourth-order valence-corrected chi connectivity index (χ4v) is 2.11. The number of nitrogens with two attached hydrogens (primary N) is 2. The summed E-state index contributed by atoms with van der Waals surface area (Å²) in [6.45, 7) is 10.2. The molecule has 0 saturated heterocycles. The van der Waals surface area contributed by atoms with Crippen LogP contribution in [0.1, 0.15) is 48.0 Å². The third-order valence-corrected chi connectivity index (χ3v) is 3.13. The molecule has 1 unspecified atom stereocenters. The Morgan fingerprint density at radius 2 is 1.57 bits per heavy atom. The van der Waals surface area contributed by atoms with Crippen molar-refractivity contribution in [3.8, 4) is 0 Å². The number of carbonyl (C=O) groups is 3. The van der Waals surface area contributed by atoms with Crippen LogP contribution in [0, 0.1) is 0 Å². The molecule has 0 aliphatic carbocycles. The van der Waals surface area contributed by atoms with Gasteiger partial charge < -0.3 is 31.6 Å². The zero-order valence-corrected chi connectivity index (χ0v) is 17.2. The number of hydrogen-bond acceptors (Lipinski definition) is 7. The number of alkyl carbamates (subject to hydrolysis) is 1. The van der Waals surface area contributed by atoms with Gasteiger partial charge in [0.05, 0.1) is 17.8 Å². The van der Waals surface area contributed by atoms with Crippen LogP contribution in [0.5, 0.6) is 0 Å². The highest BCUT2D eigenvalue weighted by atomic mass is 16.6. The van der Waals surface area contributed by atoms with E-state index >= 15 is 0 Å². The Morgan fingerprint density at radius 1 is 1.00 bits per heavy atom. The minimum Gasteiger partial charge on any atom is -0.460 e. The van der Waals surface area contributed by atoms with Crippen molar-refractivity contribution in [2.75, 3.05) is 16.8 Å². The highest BCUT2D eigenvalue weighted by molar-refractivity contribution is 6.00. The quantitative estimate of drug-likeness (QED) is 0.443. The van der Waals surface area contributed by atoms with Crippen LogP contribution < -0.4 is 22.1 Å².